The van der Waals surface area contributed by atoms with Gasteiger partial charge in [-0.15, -0.1) is 0 Å². The maximum atomic E-state index is 13.4. The molecule has 0 bridgehead atoms. The maximum absolute atomic E-state index is 13.4. The van der Waals surface area contributed by atoms with E-state index in [-0.39, 0.29) is 12.5 Å². The largest absolute Gasteiger partial charge is 0.366 e. The fourth-order valence-electron chi connectivity index (χ4n) is 3.34. The molecule has 4 aromatic rings. The molecule has 8 heteroatoms. The normalized spacial score (nSPS) is 10.9. The minimum absolute atomic E-state index is 0.0447. The molecule has 0 radical (unpaired) electrons. The number of hydrogen-bond acceptors (Lipinski definition) is 6. The number of ether oxygens (including phenoxy) is 1. The number of anilines is 1. The van der Waals surface area contributed by atoms with Gasteiger partial charge in [0.1, 0.15) is 11.5 Å². The molecule has 0 spiro atoms. The van der Waals surface area contributed by atoms with E-state index >= 15 is 0 Å². The van der Waals surface area contributed by atoms with Gasteiger partial charge in [0.25, 0.3) is 0 Å². The highest BCUT2D eigenvalue weighted by atomic mass is 19.1. The van der Waals surface area contributed by atoms with Crippen LogP contribution in [-0.2, 0) is 17.9 Å². The van der Waals surface area contributed by atoms with Gasteiger partial charge in [-0.25, -0.2) is 19.2 Å². The fourth-order valence-corrected chi connectivity index (χ4v) is 3.34. The van der Waals surface area contributed by atoms with Crippen LogP contribution in [0.15, 0.2) is 76.2 Å². The second-order valence-electron chi connectivity index (χ2n) is 7.04. The number of rotatable bonds is 9. The Bertz CT molecular complexity index is 1220. The van der Waals surface area contributed by atoms with E-state index in [9.17, 15) is 9.18 Å². The summed E-state index contributed by atoms with van der Waals surface area (Å²) in [5, 5.41) is 3.22. The van der Waals surface area contributed by atoms with Crippen molar-refractivity contribution in [2.75, 3.05) is 18.5 Å². The first-order valence-corrected chi connectivity index (χ1v) is 10.3. The lowest BCUT2D eigenvalue weighted by Gasteiger charge is -2.10. The fraction of sp³-hybridized carbons (Fsp3) is 0.208. The summed E-state index contributed by atoms with van der Waals surface area (Å²) in [5.74, 6) is 0.0421. The minimum atomic E-state index is -0.552. The molecule has 0 aliphatic carbocycles. The molecule has 7 nitrogen and oxygen atoms in total. The van der Waals surface area contributed by atoms with Crippen molar-refractivity contribution in [2.45, 2.75) is 20.1 Å². The predicted molar refractivity (Wildman–Crippen MR) is 120 cm³/mol. The SMILES string of the molecule is CCOCn1oc(=O)c(-c2ccc(F)cc2)c1-c1ccnc(NCCc2ccccc2)n1. The quantitative estimate of drug-likeness (QED) is 0.422. The van der Waals surface area contributed by atoms with Crippen molar-refractivity contribution in [1.29, 1.82) is 0 Å². The number of nitrogens with one attached hydrogen (secondary N) is 1. The Kier molecular flexibility index (Phi) is 6.72. The lowest BCUT2D eigenvalue weighted by molar-refractivity contribution is 0.0314. The van der Waals surface area contributed by atoms with Crippen molar-refractivity contribution >= 4 is 5.95 Å². The van der Waals surface area contributed by atoms with Crippen LogP contribution >= 0.6 is 0 Å². The summed E-state index contributed by atoms with van der Waals surface area (Å²) in [7, 11) is 0. The highest BCUT2D eigenvalue weighted by Crippen LogP contribution is 2.30. The third kappa shape index (κ3) is 4.92. The van der Waals surface area contributed by atoms with Gasteiger partial charge in [-0.05, 0) is 42.7 Å². The molecule has 0 saturated carbocycles. The summed E-state index contributed by atoms with van der Waals surface area (Å²) >= 11 is 0. The van der Waals surface area contributed by atoms with E-state index < -0.39 is 5.63 Å². The third-order valence-electron chi connectivity index (χ3n) is 4.87. The molecule has 2 aromatic heterocycles. The van der Waals surface area contributed by atoms with Crippen molar-refractivity contribution in [3.63, 3.8) is 0 Å². The molecule has 0 aliphatic rings. The van der Waals surface area contributed by atoms with Crippen LogP contribution in [0.3, 0.4) is 0 Å². The number of benzene rings is 2. The van der Waals surface area contributed by atoms with E-state index in [1.54, 1.807) is 12.3 Å². The smallest absolute Gasteiger partial charge is 0.358 e. The first-order chi connectivity index (χ1) is 15.7. The van der Waals surface area contributed by atoms with Crippen molar-refractivity contribution in [3.05, 3.63) is 88.7 Å². The van der Waals surface area contributed by atoms with Crippen molar-refractivity contribution in [2.24, 2.45) is 0 Å². The van der Waals surface area contributed by atoms with E-state index in [0.29, 0.717) is 41.6 Å². The lowest BCUT2D eigenvalue weighted by Crippen LogP contribution is -2.09. The molecule has 0 amide bonds. The van der Waals surface area contributed by atoms with Gasteiger partial charge in [0.2, 0.25) is 5.95 Å². The van der Waals surface area contributed by atoms with Gasteiger partial charge in [-0.2, -0.15) is 4.74 Å². The highest BCUT2D eigenvalue weighted by molar-refractivity contribution is 5.78. The van der Waals surface area contributed by atoms with Crippen LogP contribution in [0, 0.1) is 5.82 Å². The van der Waals surface area contributed by atoms with Crippen LogP contribution in [0.1, 0.15) is 12.5 Å². The van der Waals surface area contributed by atoms with Crippen LogP contribution in [0.25, 0.3) is 22.5 Å². The molecular weight excluding hydrogens is 411 g/mol. The molecule has 1 N–H and O–H groups in total. The second kappa shape index (κ2) is 10.0. The Morgan fingerprint density at radius 3 is 2.62 bits per heavy atom. The Morgan fingerprint density at radius 1 is 1.09 bits per heavy atom. The van der Waals surface area contributed by atoms with Gasteiger partial charge in [-0.3, -0.25) is 0 Å². The standard InChI is InChI=1S/C24H23FN4O3/c1-2-31-16-29-22(21(23(30)32-29)18-8-10-19(25)11-9-18)20-13-15-27-24(28-20)26-14-12-17-6-4-3-5-7-17/h3-11,13,15H,2,12,14,16H2,1H3,(H,26,27,28). The Balaban J connectivity index is 1.66. The number of aromatic nitrogens is 3. The summed E-state index contributed by atoms with van der Waals surface area (Å²) < 4.78 is 25.7. The topological polar surface area (TPSA) is 82.2 Å². The van der Waals surface area contributed by atoms with Gasteiger partial charge in [-0.1, -0.05) is 42.5 Å². The Hall–Kier alpha value is -3.78. The van der Waals surface area contributed by atoms with Gasteiger partial charge >= 0.3 is 5.63 Å². The molecule has 32 heavy (non-hydrogen) atoms. The Morgan fingerprint density at radius 2 is 1.88 bits per heavy atom. The Labute approximate surface area is 184 Å². The van der Waals surface area contributed by atoms with Crippen LogP contribution in [0.5, 0.6) is 0 Å². The van der Waals surface area contributed by atoms with Crippen LogP contribution < -0.4 is 10.9 Å². The number of nitrogens with zero attached hydrogens (tertiary/aromatic N) is 3. The molecule has 164 valence electrons. The molecule has 0 unspecified atom stereocenters. The maximum Gasteiger partial charge on any atom is 0.366 e. The zero-order valence-corrected chi connectivity index (χ0v) is 17.6. The molecule has 4 rings (SSSR count). The molecule has 2 heterocycles. The zero-order chi connectivity index (χ0) is 22.3. The van der Waals surface area contributed by atoms with Crippen LogP contribution in [-0.4, -0.2) is 27.9 Å². The van der Waals surface area contributed by atoms with Gasteiger partial charge in [0.15, 0.2) is 6.73 Å². The minimum Gasteiger partial charge on any atom is -0.358 e. The number of hydrogen-bond donors (Lipinski definition) is 1. The first kappa shape index (κ1) is 21.5. The van der Waals surface area contributed by atoms with E-state index in [1.165, 1.54) is 34.6 Å². The van der Waals surface area contributed by atoms with Crippen molar-refractivity contribution < 1.29 is 13.7 Å². The monoisotopic (exact) mass is 434 g/mol. The van der Waals surface area contributed by atoms with Gasteiger partial charge in [0, 0.05) is 19.3 Å². The van der Waals surface area contributed by atoms with Crippen molar-refractivity contribution in [3.8, 4) is 22.5 Å². The summed E-state index contributed by atoms with van der Waals surface area (Å²) in [4.78, 5) is 21.6. The average Bonchev–Trinajstić information content (AvgIpc) is 3.15. The van der Waals surface area contributed by atoms with Crippen LogP contribution in [0.4, 0.5) is 10.3 Å². The van der Waals surface area contributed by atoms with Gasteiger partial charge < -0.3 is 14.6 Å². The summed E-state index contributed by atoms with van der Waals surface area (Å²) in [6, 6.07) is 17.5. The van der Waals surface area contributed by atoms with Crippen LogP contribution in [0.2, 0.25) is 0 Å². The molecule has 0 aliphatic heterocycles. The summed E-state index contributed by atoms with van der Waals surface area (Å²) in [6.07, 6.45) is 2.43. The zero-order valence-electron chi connectivity index (χ0n) is 17.6. The molecule has 2 aromatic carbocycles. The van der Waals surface area contributed by atoms with E-state index in [0.717, 1.165) is 6.42 Å². The van der Waals surface area contributed by atoms with E-state index in [1.807, 2.05) is 25.1 Å². The summed E-state index contributed by atoms with van der Waals surface area (Å²) in [6.45, 7) is 2.99. The lowest BCUT2D eigenvalue weighted by atomic mass is 10.0. The molecule has 0 saturated heterocycles. The molecule has 0 fully saturated rings. The summed E-state index contributed by atoms with van der Waals surface area (Å²) in [5.41, 5.74) is 2.41. The number of halogens is 1. The molecular formula is C24H23FN4O3. The highest BCUT2D eigenvalue weighted by Gasteiger charge is 2.22. The first-order valence-electron chi connectivity index (χ1n) is 10.3. The predicted octanol–water partition coefficient (Wildman–Crippen LogP) is 4.35. The van der Waals surface area contributed by atoms with Crippen molar-refractivity contribution in [1.82, 2.24) is 14.7 Å². The second-order valence-corrected chi connectivity index (χ2v) is 7.04. The average molecular weight is 434 g/mol. The van der Waals surface area contributed by atoms with Gasteiger partial charge in [0.05, 0.1) is 11.3 Å². The molecule has 0 atom stereocenters. The third-order valence-corrected chi connectivity index (χ3v) is 4.87. The van der Waals surface area contributed by atoms with E-state index in [4.69, 9.17) is 9.26 Å². The van der Waals surface area contributed by atoms with E-state index in [2.05, 4.69) is 27.4 Å².